The Morgan fingerprint density at radius 1 is 1.39 bits per heavy atom. The first-order valence-electron chi connectivity index (χ1n) is 7.69. The molecule has 2 unspecified atom stereocenters. The lowest BCUT2D eigenvalue weighted by Crippen LogP contribution is -2.43. The maximum Gasteiger partial charge on any atom is 0.0702 e. The molecule has 1 aliphatic rings. The number of ether oxygens (including phenoxy) is 1. The average molecular weight is 256 g/mol. The van der Waals surface area contributed by atoms with Crippen molar-refractivity contribution in [2.45, 2.75) is 52.6 Å². The Bertz CT molecular complexity index is 209. The largest absolute Gasteiger partial charge is 0.377 e. The van der Waals surface area contributed by atoms with Gasteiger partial charge in [-0.2, -0.15) is 0 Å². The van der Waals surface area contributed by atoms with E-state index in [1.54, 1.807) is 0 Å². The van der Waals surface area contributed by atoms with Crippen LogP contribution in [0.2, 0.25) is 0 Å². The molecule has 0 aromatic rings. The van der Waals surface area contributed by atoms with Gasteiger partial charge in [0.1, 0.15) is 0 Å². The second-order valence-corrected chi connectivity index (χ2v) is 6.13. The Morgan fingerprint density at radius 2 is 2.17 bits per heavy atom. The van der Waals surface area contributed by atoms with Crippen molar-refractivity contribution in [3.05, 3.63) is 0 Å². The summed E-state index contributed by atoms with van der Waals surface area (Å²) in [4.78, 5) is 2.56. The highest BCUT2D eigenvalue weighted by molar-refractivity contribution is 4.76. The minimum absolute atomic E-state index is 0.455. The first kappa shape index (κ1) is 15.9. The molecule has 1 saturated heterocycles. The van der Waals surface area contributed by atoms with E-state index in [0.717, 1.165) is 38.6 Å². The van der Waals surface area contributed by atoms with Gasteiger partial charge in [0.15, 0.2) is 0 Å². The molecule has 0 amide bonds. The van der Waals surface area contributed by atoms with Crippen LogP contribution in [0.1, 0.15) is 46.5 Å². The van der Waals surface area contributed by atoms with Crippen LogP contribution in [0.4, 0.5) is 0 Å². The molecule has 0 saturated carbocycles. The predicted octanol–water partition coefficient (Wildman–Crippen LogP) is 2.50. The van der Waals surface area contributed by atoms with Gasteiger partial charge in [0.05, 0.1) is 6.10 Å². The van der Waals surface area contributed by atoms with Crippen LogP contribution >= 0.6 is 0 Å². The highest BCUT2D eigenvalue weighted by Gasteiger charge is 2.22. The SMILES string of the molecule is CCCOC1CCCN(CC(CN)CC(C)C)C1. The summed E-state index contributed by atoms with van der Waals surface area (Å²) < 4.78 is 5.89. The van der Waals surface area contributed by atoms with E-state index in [2.05, 4.69) is 25.7 Å². The first-order chi connectivity index (χ1) is 8.65. The lowest BCUT2D eigenvalue weighted by molar-refractivity contribution is -0.00424. The Balaban J connectivity index is 2.31. The van der Waals surface area contributed by atoms with Crippen LogP contribution in [0, 0.1) is 11.8 Å². The smallest absolute Gasteiger partial charge is 0.0702 e. The monoisotopic (exact) mass is 256 g/mol. The van der Waals surface area contributed by atoms with Crippen LogP contribution < -0.4 is 5.73 Å². The minimum atomic E-state index is 0.455. The van der Waals surface area contributed by atoms with E-state index in [-0.39, 0.29) is 0 Å². The summed E-state index contributed by atoms with van der Waals surface area (Å²) >= 11 is 0. The van der Waals surface area contributed by atoms with Crippen molar-refractivity contribution in [1.82, 2.24) is 4.90 Å². The predicted molar refractivity (Wildman–Crippen MR) is 77.7 cm³/mol. The third-order valence-electron chi connectivity index (χ3n) is 3.67. The van der Waals surface area contributed by atoms with Gasteiger partial charge in [-0.25, -0.2) is 0 Å². The van der Waals surface area contributed by atoms with Crippen LogP contribution in [-0.4, -0.2) is 43.8 Å². The molecule has 2 N–H and O–H groups in total. The van der Waals surface area contributed by atoms with Crippen LogP contribution in [0.15, 0.2) is 0 Å². The van der Waals surface area contributed by atoms with Crippen molar-refractivity contribution in [3.63, 3.8) is 0 Å². The lowest BCUT2D eigenvalue weighted by atomic mass is 9.95. The van der Waals surface area contributed by atoms with Crippen molar-refractivity contribution in [1.29, 1.82) is 0 Å². The molecule has 1 fully saturated rings. The maximum atomic E-state index is 5.90. The van der Waals surface area contributed by atoms with Gasteiger partial charge >= 0.3 is 0 Å². The standard InChI is InChI=1S/C15H32N2O/c1-4-8-18-15-6-5-7-17(12-15)11-14(10-16)9-13(2)3/h13-15H,4-12,16H2,1-3H3. The van der Waals surface area contributed by atoms with Gasteiger partial charge in [-0.3, -0.25) is 0 Å². The van der Waals surface area contributed by atoms with Crippen LogP contribution in [0.3, 0.4) is 0 Å². The number of likely N-dealkylation sites (tertiary alicyclic amines) is 1. The summed E-state index contributed by atoms with van der Waals surface area (Å²) in [5, 5.41) is 0. The Hall–Kier alpha value is -0.120. The fourth-order valence-corrected chi connectivity index (χ4v) is 2.88. The number of nitrogens with zero attached hydrogens (tertiary/aromatic N) is 1. The molecule has 18 heavy (non-hydrogen) atoms. The van der Waals surface area contributed by atoms with E-state index in [0.29, 0.717) is 12.0 Å². The fourth-order valence-electron chi connectivity index (χ4n) is 2.88. The summed E-state index contributed by atoms with van der Waals surface area (Å²) in [6.45, 7) is 11.9. The summed E-state index contributed by atoms with van der Waals surface area (Å²) in [5.74, 6) is 1.39. The van der Waals surface area contributed by atoms with E-state index in [4.69, 9.17) is 10.5 Å². The summed E-state index contributed by atoms with van der Waals surface area (Å²) in [7, 11) is 0. The summed E-state index contributed by atoms with van der Waals surface area (Å²) in [6.07, 6.45) is 5.32. The molecule has 3 nitrogen and oxygen atoms in total. The van der Waals surface area contributed by atoms with Gasteiger partial charge < -0.3 is 15.4 Å². The van der Waals surface area contributed by atoms with E-state index in [1.165, 1.54) is 25.8 Å². The average Bonchev–Trinajstić information content (AvgIpc) is 2.35. The second kappa shape index (κ2) is 8.89. The van der Waals surface area contributed by atoms with Crippen molar-refractivity contribution in [2.75, 3.05) is 32.8 Å². The third-order valence-corrected chi connectivity index (χ3v) is 3.67. The van der Waals surface area contributed by atoms with Crippen LogP contribution in [0.25, 0.3) is 0 Å². The molecule has 1 aliphatic heterocycles. The van der Waals surface area contributed by atoms with Gasteiger partial charge in [-0.1, -0.05) is 20.8 Å². The van der Waals surface area contributed by atoms with E-state index >= 15 is 0 Å². The highest BCUT2D eigenvalue weighted by atomic mass is 16.5. The molecule has 2 atom stereocenters. The summed E-state index contributed by atoms with van der Waals surface area (Å²) in [5.41, 5.74) is 5.90. The van der Waals surface area contributed by atoms with E-state index < -0.39 is 0 Å². The molecule has 0 aromatic carbocycles. The number of hydrogen-bond donors (Lipinski definition) is 1. The minimum Gasteiger partial charge on any atom is -0.377 e. The molecule has 0 aromatic heterocycles. The Labute approximate surface area is 113 Å². The molecule has 0 radical (unpaired) electrons. The molecule has 0 spiro atoms. The number of piperidine rings is 1. The van der Waals surface area contributed by atoms with Gasteiger partial charge in [-0.15, -0.1) is 0 Å². The number of rotatable bonds is 8. The van der Waals surface area contributed by atoms with Gasteiger partial charge in [0.25, 0.3) is 0 Å². The quantitative estimate of drug-likeness (QED) is 0.725. The summed E-state index contributed by atoms with van der Waals surface area (Å²) in [6, 6.07) is 0. The van der Waals surface area contributed by atoms with Crippen molar-refractivity contribution in [2.24, 2.45) is 17.6 Å². The number of nitrogens with two attached hydrogens (primary N) is 1. The van der Waals surface area contributed by atoms with Gasteiger partial charge in [-0.05, 0) is 50.6 Å². The topological polar surface area (TPSA) is 38.5 Å². The Kier molecular flexibility index (Phi) is 7.87. The molecule has 108 valence electrons. The zero-order chi connectivity index (χ0) is 13.4. The molecule has 1 rings (SSSR count). The zero-order valence-corrected chi connectivity index (χ0v) is 12.5. The molecule has 3 heteroatoms. The fraction of sp³-hybridized carbons (Fsp3) is 1.00. The molecular formula is C15H32N2O. The third kappa shape index (κ3) is 6.17. The second-order valence-electron chi connectivity index (χ2n) is 6.13. The van der Waals surface area contributed by atoms with Crippen molar-refractivity contribution < 1.29 is 4.74 Å². The normalized spacial score (nSPS) is 23.5. The van der Waals surface area contributed by atoms with Crippen LogP contribution in [0.5, 0.6) is 0 Å². The lowest BCUT2D eigenvalue weighted by Gasteiger charge is -2.35. The van der Waals surface area contributed by atoms with E-state index in [1.807, 2.05) is 0 Å². The molecule has 1 heterocycles. The first-order valence-corrected chi connectivity index (χ1v) is 7.69. The van der Waals surface area contributed by atoms with Crippen molar-refractivity contribution >= 4 is 0 Å². The van der Waals surface area contributed by atoms with Gasteiger partial charge in [0, 0.05) is 19.7 Å². The Morgan fingerprint density at radius 3 is 2.78 bits per heavy atom. The van der Waals surface area contributed by atoms with Crippen LogP contribution in [-0.2, 0) is 4.74 Å². The molecular weight excluding hydrogens is 224 g/mol. The van der Waals surface area contributed by atoms with Gasteiger partial charge in [0.2, 0.25) is 0 Å². The van der Waals surface area contributed by atoms with Crippen molar-refractivity contribution in [3.8, 4) is 0 Å². The maximum absolute atomic E-state index is 5.90. The number of hydrogen-bond acceptors (Lipinski definition) is 3. The molecule has 0 aliphatic carbocycles. The zero-order valence-electron chi connectivity index (χ0n) is 12.5. The highest BCUT2D eigenvalue weighted by Crippen LogP contribution is 2.18. The van der Waals surface area contributed by atoms with E-state index in [9.17, 15) is 0 Å². The molecule has 0 bridgehead atoms.